The lowest BCUT2D eigenvalue weighted by Crippen LogP contribution is -2.36. The second-order valence-electron chi connectivity index (χ2n) is 3.76. The van der Waals surface area contributed by atoms with Gasteiger partial charge >= 0.3 is 6.18 Å². The molecule has 0 aliphatic rings. The van der Waals surface area contributed by atoms with E-state index >= 15 is 0 Å². The Bertz CT molecular complexity index is 428. The molecule has 2 nitrogen and oxygen atoms in total. The fraction of sp³-hybridized carbons (Fsp3) is 0.364. The molecule has 0 N–H and O–H groups in total. The number of hydrogen-bond donors (Lipinski definition) is 0. The maximum atomic E-state index is 13.3. The van der Waals surface area contributed by atoms with Gasteiger partial charge in [-0.15, -0.1) is 0 Å². The Kier molecular flexibility index (Phi) is 3.75. The minimum atomic E-state index is -4.50. The van der Waals surface area contributed by atoms with E-state index in [1.54, 1.807) is 6.92 Å². The summed E-state index contributed by atoms with van der Waals surface area (Å²) in [5.41, 5.74) is 0.256. The van der Waals surface area contributed by atoms with Gasteiger partial charge in [0, 0.05) is 7.05 Å². The molecule has 0 saturated heterocycles. The second-order valence-corrected chi connectivity index (χ2v) is 3.76. The van der Waals surface area contributed by atoms with Crippen LogP contribution in [0, 0.1) is 12.7 Å². The smallest absolute Gasteiger partial charge is 0.333 e. The van der Waals surface area contributed by atoms with Crippen LogP contribution in [-0.4, -0.2) is 30.6 Å². The van der Waals surface area contributed by atoms with Crippen LogP contribution in [0.15, 0.2) is 18.2 Å². The lowest BCUT2D eigenvalue weighted by molar-refractivity contribution is -0.138. The maximum Gasteiger partial charge on any atom is 0.406 e. The molecule has 0 spiro atoms. The van der Waals surface area contributed by atoms with Crippen molar-refractivity contribution >= 4 is 5.91 Å². The molecule has 1 aromatic rings. The predicted octanol–water partition coefficient (Wildman–Crippen LogP) is 2.77. The van der Waals surface area contributed by atoms with E-state index in [-0.39, 0.29) is 5.56 Å². The van der Waals surface area contributed by atoms with Crippen LogP contribution in [0.3, 0.4) is 0 Å². The largest absolute Gasteiger partial charge is 0.406 e. The molecule has 6 heteroatoms. The Hall–Kier alpha value is -1.59. The summed E-state index contributed by atoms with van der Waals surface area (Å²) in [6.45, 7) is 0.221. The number of rotatable bonds is 2. The van der Waals surface area contributed by atoms with E-state index in [1.165, 1.54) is 12.1 Å². The first-order chi connectivity index (χ1) is 7.70. The number of alkyl halides is 3. The van der Waals surface area contributed by atoms with Gasteiger partial charge in [0.15, 0.2) is 0 Å². The maximum absolute atomic E-state index is 13.3. The zero-order valence-corrected chi connectivity index (χ0v) is 9.31. The topological polar surface area (TPSA) is 20.3 Å². The Morgan fingerprint density at radius 3 is 2.47 bits per heavy atom. The van der Waals surface area contributed by atoms with Gasteiger partial charge in [0.25, 0.3) is 5.91 Å². The average molecular weight is 249 g/mol. The summed E-state index contributed by atoms with van der Waals surface area (Å²) in [5, 5.41) is 0. The SMILES string of the molecule is Cc1ccc(F)c(C(=O)N(C)CC(F)(F)F)c1. The second kappa shape index (κ2) is 4.73. The molecule has 1 amide bonds. The van der Waals surface area contributed by atoms with Crippen molar-refractivity contribution < 1.29 is 22.4 Å². The monoisotopic (exact) mass is 249 g/mol. The fourth-order valence-corrected chi connectivity index (χ4v) is 1.35. The average Bonchev–Trinajstić information content (AvgIpc) is 2.18. The van der Waals surface area contributed by atoms with Crippen LogP contribution in [-0.2, 0) is 0 Å². The summed E-state index contributed by atoms with van der Waals surface area (Å²) >= 11 is 0. The Balaban J connectivity index is 2.93. The summed E-state index contributed by atoms with van der Waals surface area (Å²) in [4.78, 5) is 12.0. The van der Waals surface area contributed by atoms with Crippen molar-refractivity contribution in [2.24, 2.45) is 0 Å². The molecular formula is C11H11F4NO. The summed E-state index contributed by atoms with van der Waals surface area (Å²) in [5.74, 6) is -1.81. The number of halogens is 4. The summed E-state index contributed by atoms with van der Waals surface area (Å²) in [7, 11) is 0.984. The molecule has 0 saturated carbocycles. The van der Waals surface area contributed by atoms with Crippen molar-refractivity contribution in [1.82, 2.24) is 4.90 Å². The molecule has 17 heavy (non-hydrogen) atoms. The number of nitrogens with zero attached hydrogens (tertiary/aromatic N) is 1. The van der Waals surface area contributed by atoms with Gasteiger partial charge in [-0.3, -0.25) is 4.79 Å². The van der Waals surface area contributed by atoms with Gasteiger partial charge in [-0.25, -0.2) is 4.39 Å². The van der Waals surface area contributed by atoms with Crippen LogP contribution < -0.4 is 0 Å². The Morgan fingerprint density at radius 2 is 1.94 bits per heavy atom. The van der Waals surface area contributed by atoms with Gasteiger partial charge in [0.1, 0.15) is 12.4 Å². The number of hydrogen-bond acceptors (Lipinski definition) is 1. The van der Waals surface area contributed by atoms with Gasteiger partial charge in [-0.2, -0.15) is 13.2 Å². The van der Waals surface area contributed by atoms with E-state index in [0.717, 1.165) is 13.1 Å². The van der Waals surface area contributed by atoms with Crippen LogP contribution in [0.25, 0.3) is 0 Å². The lowest BCUT2D eigenvalue weighted by Gasteiger charge is -2.19. The van der Waals surface area contributed by atoms with Crippen LogP contribution in [0.2, 0.25) is 0 Å². The van der Waals surface area contributed by atoms with E-state index in [2.05, 4.69) is 0 Å². The highest BCUT2D eigenvalue weighted by Crippen LogP contribution is 2.18. The highest BCUT2D eigenvalue weighted by Gasteiger charge is 2.32. The molecule has 0 aliphatic carbocycles. The molecule has 0 heterocycles. The van der Waals surface area contributed by atoms with E-state index in [1.807, 2.05) is 0 Å². The zero-order chi connectivity index (χ0) is 13.2. The van der Waals surface area contributed by atoms with Gasteiger partial charge in [0.05, 0.1) is 5.56 Å². The van der Waals surface area contributed by atoms with Crippen molar-refractivity contribution in [2.45, 2.75) is 13.1 Å². The molecule has 1 aromatic carbocycles. The molecule has 1 rings (SSSR count). The number of amides is 1. The quantitative estimate of drug-likeness (QED) is 0.738. The van der Waals surface area contributed by atoms with Crippen molar-refractivity contribution in [2.75, 3.05) is 13.6 Å². The first-order valence-electron chi connectivity index (χ1n) is 4.79. The third kappa shape index (κ3) is 3.72. The highest BCUT2D eigenvalue weighted by molar-refractivity contribution is 5.94. The first kappa shape index (κ1) is 13.5. The Labute approximate surface area is 95.8 Å². The van der Waals surface area contributed by atoms with E-state index in [4.69, 9.17) is 0 Å². The zero-order valence-electron chi connectivity index (χ0n) is 9.31. The Morgan fingerprint density at radius 1 is 1.35 bits per heavy atom. The molecule has 0 unspecified atom stereocenters. The van der Waals surface area contributed by atoms with Crippen LogP contribution in [0.5, 0.6) is 0 Å². The van der Waals surface area contributed by atoms with Gasteiger partial charge in [0.2, 0.25) is 0 Å². The minimum Gasteiger partial charge on any atom is -0.333 e. The van der Waals surface area contributed by atoms with Crippen molar-refractivity contribution in [3.05, 3.63) is 35.1 Å². The summed E-state index contributed by atoms with van der Waals surface area (Å²) in [6.07, 6.45) is -4.50. The molecule has 94 valence electrons. The number of carbonyl (C=O) groups excluding carboxylic acids is 1. The highest BCUT2D eigenvalue weighted by atomic mass is 19.4. The van der Waals surface area contributed by atoms with Gasteiger partial charge in [-0.05, 0) is 19.1 Å². The normalized spacial score (nSPS) is 11.4. The predicted molar refractivity (Wildman–Crippen MR) is 54.2 cm³/mol. The number of carbonyl (C=O) groups is 1. The lowest BCUT2D eigenvalue weighted by atomic mass is 10.1. The van der Waals surface area contributed by atoms with Crippen LogP contribution in [0.1, 0.15) is 15.9 Å². The van der Waals surface area contributed by atoms with E-state index in [0.29, 0.717) is 10.5 Å². The van der Waals surface area contributed by atoms with Crippen molar-refractivity contribution in [3.8, 4) is 0 Å². The molecule has 0 aliphatic heterocycles. The number of benzene rings is 1. The van der Waals surface area contributed by atoms with Gasteiger partial charge in [-0.1, -0.05) is 11.6 Å². The number of aryl methyl sites for hydroxylation is 1. The van der Waals surface area contributed by atoms with E-state index in [9.17, 15) is 22.4 Å². The molecular weight excluding hydrogens is 238 g/mol. The summed E-state index contributed by atoms with van der Waals surface area (Å²) < 4.78 is 49.5. The van der Waals surface area contributed by atoms with Crippen LogP contribution in [0.4, 0.5) is 17.6 Å². The van der Waals surface area contributed by atoms with Gasteiger partial charge < -0.3 is 4.90 Å². The molecule has 0 aromatic heterocycles. The first-order valence-corrected chi connectivity index (χ1v) is 4.79. The summed E-state index contributed by atoms with van der Waals surface area (Å²) in [6, 6.07) is 3.73. The van der Waals surface area contributed by atoms with Crippen molar-refractivity contribution in [1.29, 1.82) is 0 Å². The molecule has 0 fully saturated rings. The molecule has 0 atom stereocenters. The molecule has 0 bridgehead atoms. The third-order valence-corrected chi connectivity index (χ3v) is 2.12. The minimum absolute atomic E-state index is 0.350. The third-order valence-electron chi connectivity index (χ3n) is 2.12. The van der Waals surface area contributed by atoms with Crippen molar-refractivity contribution in [3.63, 3.8) is 0 Å². The standard InChI is InChI=1S/C11H11F4NO/c1-7-3-4-9(12)8(5-7)10(17)16(2)6-11(13,14)15/h3-5H,6H2,1-2H3. The van der Waals surface area contributed by atoms with E-state index < -0.39 is 24.4 Å². The van der Waals surface area contributed by atoms with Crippen LogP contribution >= 0.6 is 0 Å². The molecule has 0 radical (unpaired) electrons. The fourth-order valence-electron chi connectivity index (χ4n) is 1.35.